The first-order valence-corrected chi connectivity index (χ1v) is 6.26. The lowest BCUT2D eigenvalue weighted by atomic mass is 10.2. The van der Waals surface area contributed by atoms with Crippen LogP contribution in [-0.4, -0.2) is 11.9 Å². The summed E-state index contributed by atoms with van der Waals surface area (Å²) in [5.74, 6) is -1.82. The molecule has 0 aliphatic heterocycles. The van der Waals surface area contributed by atoms with Gasteiger partial charge in [0, 0.05) is 16.5 Å². The van der Waals surface area contributed by atoms with Crippen molar-refractivity contribution in [2.24, 2.45) is 5.92 Å². The van der Waals surface area contributed by atoms with Gasteiger partial charge in [-0.2, -0.15) is 30.2 Å². The quantitative estimate of drug-likeness (QED) is 0.821. The van der Waals surface area contributed by atoms with E-state index in [9.17, 15) is 13.2 Å². The van der Waals surface area contributed by atoms with Gasteiger partial charge in [-0.1, -0.05) is 29.8 Å². The van der Waals surface area contributed by atoms with Crippen molar-refractivity contribution in [2.75, 3.05) is 5.75 Å². The molecule has 1 aromatic carbocycles. The number of nitriles is 1. The van der Waals surface area contributed by atoms with Crippen LogP contribution in [0.25, 0.3) is 0 Å². The maximum absolute atomic E-state index is 12.3. The number of hydrogen-bond acceptors (Lipinski definition) is 2. The van der Waals surface area contributed by atoms with Crippen LogP contribution >= 0.6 is 23.4 Å². The van der Waals surface area contributed by atoms with E-state index in [1.54, 1.807) is 24.3 Å². The van der Waals surface area contributed by atoms with Gasteiger partial charge in [0.2, 0.25) is 0 Å². The molecule has 1 rings (SSSR count). The van der Waals surface area contributed by atoms with E-state index in [0.29, 0.717) is 10.8 Å². The summed E-state index contributed by atoms with van der Waals surface area (Å²) in [6.45, 7) is 0. The molecule has 0 fully saturated rings. The van der Waals surface area contributed by atoms with Gasteiger partial charge in [0.15, 0.2) is 5.92 Å². The second-order valence-corrected chi connectivity index (χ2v) is 4.77. The summed E-state index contributed by atoms with van der Waals surface area (Å²) in [4.78, 5) is 0. The Hall–Kier alpha value is -0.860. The van der Waals surface area contributed by atoms with Gasteiger partial charge in [-0.25, -0.2) is 0 Å². The Bertz CT molecular complexity index is 414. The summed E-state index contributed by atoms with van der Waals surface area (Å²) in [6, 6.07) is 8.23. The van der Waals surface area contributed by atoms with Crippen LogP contribution in [0.2, 0.25) is 5.02 Å². The molecule has 0 bridgehead atoms. The summed E-state index contributed by atoms with van der Waals surface area (Å²) in [6.07, 6.45) is -4.46. The summed E-state index contributed by atoms with van der Waals surface area (Å²) in [5, 5.41) is 8.93. The van der Waals surface area contributed by atoms with Crippen molar-refractivity contribution in [3.05, 3.63) is 34.9 Å². The van der Waals surface area contributed by atoms with E-state index in [1.165, 1.54) is 6.07 Å². The summed E-state index contributed by atoms with van der Waals surface area (Å²) >= 11 is 6.92. The van der Waals surface area contributed by atoms with Gasteiger partial charge in [-0.3, -0.25) is 0 Å². The number of halogens is 4. The zero-order valence-corrected chi connectivity index (χ0v) is 10.2. The fourth-order valence-electron chi connectivity index (χ4n) is 1.11. The maximum Gasteiger partial charge on any atom is 0.405 e. The Labute approximate surface area is 107 Å². The molecule has 1 atom stereocenters. The first kappa shape index (κ1) is 14.2. The van der Waals surface area contributed by atoms with Gasteiger partial charge in [0.05, 0.1) is 6.07 Å². The molecule has 0 aromatic heterocycles. The molecule has 0 spiro atoms. The number of hydrogen-bond donors (Lipinski definition) is 0. The zero-order chi connectivity index (χ0) is 12.9. The number of nitrogens with zero attached hydrogens (tertiary/aromatic N) is 1. The van der Waals surface area contributed by atoms with Crippen LogP contribution in [0.4, 0.5) is 13.2 Å². The average molecular weight is 280 g/mol. The minimum Gasteiger partial charge on any atom is -0.198 e. The van der Waals surface area contributed by atoms with Crippen molar-refractivity contribution in [3.63, 3.8) is 0 Å². The molecule has 6 heteroatoms. The first-order valence-electron chi connectivity index (χ1n) is 4.72. The van der Waals surface area contributed by atoms with E-state index in [1.807, 2.05) is 0 Å². The molecule has 0 N–H and O–H groups in total. The van der Waals surface area contributed by atoms with Crippen molar-refractivity contribution in [1.29, 1.82) is 5.26 Å². The highest BCUT2D eigenvalue weighted by Gasteiger charge is 2.39. The number of benzene rings is 1. The molecule has 92 valence electrons. The fourth-order valence-corrected chi connectivity index (χ4v) is 2.48. The van der Waals surface area contributed by atoms with E-state index in [-0.39, 0.29) is 5.75 Å². The third kappa shape index (κ3) is 4.49. The summed E-state index contributed by atoms with van der Waals surface area (Å²) in [7, 11) is 0. The second-order valence-electron chi connectivity index (χ2n) is 3.33. The summed E-state index contributed by atoms with van der Waals surface area (Å²) < 4.78 is 36.8. The SMILES string of the molecule is N#CC(CSCc1ccccc1Cl)C(F)(F)F. The molecular weight excluding hydrogens is 271 g/mol. The molecule has 1 nitrogen and oxygen atoms in total. The lowest BCUT2D eigenvalue weighted by Crippen LogP contribution is -2.23. The molecule has 0 aliphatic carbocycles. The normalized spacial score (nSPS) is 13.1. The van der Waals surface area contributed by atoms with Gasteiger partial charge < -0.3 is 0 Å². The zero-order valence-electron chi connectivity index (χ0n) is 8.67. The second kappa shape index (κ2) is 6.18. The Balaban J connectivity index is 2.48. The molecule has 17 heavy (non-hydrogen) atoms. The smallest absolute Gasteiger partial charge is 0.198 e. The van der Waals surface area contributed by atoms with Crippen LogP contribution in [0.1, 0.15) is 5.56 Å². The highest BCUT2D eigenvalue weighted by Crippen LogP contribution is 2.30. The van der Waals surface area contributed by atoms with Crippen molar-refractivity contribution >= 4 is 23.4 Å². The van der Waals surface area contributed by atoms with Gasteiger partial charge in [0.1, 0.15) is 0 Å². The van der Waals surface area contributed by atoms with Crippen LogP contribution in [-0.2, 0) is 5.75 Å². The lowest BCUT2D eigenvalue weighted by Gasteiger charge is -2.12. The minimum absolute atomic E-state index is 0.273. The monoisotopic (exact) mass is 279 g/mol. The van der Waals surface area contributed by atoms with E-state index < -0.39 is 12.1 Å². The van der Waals surface area contributed by atoms with E-state index in [2.05, 4.69) is 0 Å². The minimum atomic E-state index is -4.46. The Kier molecular flexibility index (Phi) is 5.16. The molecule has 1 aromatic rings. The fraction of sp³-hybridized carbons (Fsp3) is 0.364. The number of thioether (sulfide) groups is 1. The first-order chi connectivity index (χ1) is 7.95. The van der Waals surface area contributed by atoms with Crippen molar-refractivity contribution < 1.29 is 13.2 Å². The van der Waals surface area contributed by atoms with Crippen LogP contribution in [0.3, 0.4) is 0 Å². The largest absolute Gasteiger partial charge is 0.405 e. The number of rotatable bonds is 4. The van der Waals surface area contributed by atoms with Crippen molar-refractivity contribution in [2.45, 2.75) is 11.9 Å². The van der Waals surface area contributed by atoms with Gasteiger partial charge >= 0.3 is 6.18 Å². The van der Waals surface area contributed by atoms with E-state index in [0.717, 1.165) is 17.3 Å². The molecule has 0 amide bonds. The highest BCUT2D eigenvalue weighted by molar-refractivity contribution is 7.98. The van der Waals surface area contributed by atoms with Crippen molar-refractivity contribution in [1.82, 2.24) is 0 Å². The third-order valence-corrected chi connectivity index (χ3v) is 3.50. The van der Waals surface area contributed by atoms with Gasteiger partial charge in [-0.15, -0.1) is 0 Å². The maximum atomic E-state index is 12.3. The van der Waals surface area contributed by atoms with Gasteiger partial charge in [-0.05, 0) is 11.6 Å². The van der Waals surface area contributed by atoms with Gasteiger partial charge in [0.25, 0.3) is 0 Å². The van der Waals surface area contributed by atoms with Crippen LogP contribution in [0, 0.1) is 17.2 Å². The van der Waals surface area contributed by atoms with Crippen LogP contribution in [0.5, 0.6) is 0 Å². The molecule has 1 unspecified atom stereocenters. The highest BCUT2D eigenvalue weighted by atomic mass is 35.5. The predicted octanol–water partition coefficient (Wildman–Crippen LogP) is 4.28. The van der Waals surface area contributed by atoms with Crippen LogP contribution < -0.4 is 0 Å². The molecule has 0 saturated carbocycles. The van der Waals surface area contributed by atoms with Crippen LogP contribution in [0.15, 0.2) is 24.3 Å². The Morgan fingerprint density at radius 1 is 1.35 bits per heavy atom. The van der Waals surface area contributed by atoms with Crippen molar-refractivity contribution in [3.8, 4) is 6.07 Å². The summed E-state index contributed by atoms with van der Waals surface area (Å²) in [5.41, 5.74) is 0.776. The molecule has 0 heterocycles. The Morgan fingerprint density at radius 3 is 2.53 bits per heavy atom. The number of alkyl halides is 3. The predicted molar refractivity (Wildman–Crippen MR) is 62.8 cm³/mol. The Morgan fingerprint density at radius 2 is 2.00 bits per heavy atom. The molecule has 0 radical (unpaired) electrons. The standard InChI is InChI=1S/C11H9ClF3NS/c12-10-4-2-1-3-8(10)6-17-7-9(5-16)11(13,14)15/h1-4,9H,6-7H2. The van der Waals surface area contributed by atoms with E-state index in [4.69, 9.17) is 16.9 Å². The third-order valence-electron chi connectivity index (χ3n) is 2.05. The molecule has 0 aliphatic rings. The van der Waals surface area contributed by atoms with E-state index >= 15 is 0 Å². The topological polar surface area (TPSA) is 23.8 Å². The molecule has 0 saturated heterocycles. The average Bonchev–Trinajstić information content (AvgIpc) is 2.25. The molecular formula is C11H9ClF3NS. The lowest BCUT2D eigenvalue weighted by molar-refractivity contribution is -0.152.